The van der Waals surface area contributed by atoms with Crippen LogP contribution in [0.25, 0.3) is 22.6 Å². The summed E-state index contributed by atoms with van der Waals surface area (Å²) in [7, 11) is 0. The molecule has 2 aromatic heterocycles. The third kappa shape index (κ3) is 2.93. The molecule has 5 nitrogen and oxygen atoms in total. The average molecular weight is 320 g/mol. The van der Waals surface area contributed by atoms with E-state index in [1.54, 1.807) is 17.8 Å². The number of carbonyl (C=O) groups excluding carboxylic acids is 1. The summed E-state index contributed by atoms with van der Waals surface area (Å²) in [6.07, 6.45) is 4.44. The molecule has 0 saturated carbocycles. The number of hydrogen-bond acceptors (Lipinski definition) is 3. The molecule has 0 bridgehead atoms. The van der Waals surface area contributed by atoms with Crippen molar-refractivity contribution in [2.24, 2.45) is 5.73 Å². The van der Waals surface area contributed by atoms with Gasteiger partial charge in [-0.15, -0.1) is 0 Å². The van der Waals surface area contributed by atoms with Gasteiger partial charge in [0, 0.05) is 11.8 Å². The van der Waals surface area contributed by atoms with Crippen molar-refractivity contribution >= 4 is 5.91 Å². The van der Waals surface area contributed by atoms with E-state index in [1.807, 2.05) is 48.7 Å². The zero-order valence-corrected chi connectivity index (χ0v) is 13.8. The number of aryl methyl sites for hydroxylation is 1. The monoisotopic (exact) mass is 320 g/mol. The molecule has 0 aliphatic rings. The van der Waals surface area contributed by atoms with Gasteiger partial charge in [-0.25, -0.2) is 4.98 Å². The van der Waals surface area contributed by atoms with Gasteiger partial charge < -0.3 is 10.3 Å². The molecule has 1 amide bonds. The summed E-state index contributed by atoms with van der Waals surface area (Å²) < 4.78 is 1.79. The lowest BCUT2D eigenvalue weighted by atomic mass is 10.1. The number of amides is 1. The first-order chi connectivity index (χ1) is 11.6. The number of rotatable bonds is 5. The van der Waals surface area contributed by atoms with Crippen LogP contribution < -0.4 is 5.73 Å². The van der Waals surface area contributed by atoms with Gasteiger partial charge in [0.05, 0.1) is 23.4 Å². The number of pyridine rings is 1. The fourth-order valence-corrected chi connectivity index (χ4v) is 2.63. The molecule has 3 aromatic rings. The van der Waals surface area contributed by atoms with E-state index >= 15 is 0 Å². The minimum Gasteiger partial charge on any atom is -0.368 e. The number of benzene rings is 1. The van der Waals surface area contributed by atoms with Crippen LogP contribution in [-0.2, 0) is 11.2 Å². The van der Waals surface area contributed by atoms with Crippen LogP contribution in [0.3, 0.4) is 0 Å². The summed E-state index contributed by atoms with van der Waals surface area (Å²) in [6, 6.07) is 13.4. The first kappa shape index (κ1) is 15.9. The molecule has 1 aromatic carbocycles. The largest absolute Gasteiger partial charge is 0.368 e. The van der Waals surface area contributed by atoms with Gasteiger partial charge in [-0.05, 0) is 25.0 Å². The highest BCUT2D eigenvalue weighted by molar-refractivity contribution is 5.82. The van der Waals surface area contributed by atoms with E-state index in [4.69, 9.17) is 5.73 Å². The van der Waals surface area contributed by atoms with Gasteiger partial charge in [-0.1, -0.05) is 43.3 Å². The number of primary amides is 1. The predicted molar refractivity (Wildman–Crippen MR) is 94.2 cm³/mol. The van der Waals surface area contributed by atoms with Crippen LogP contribution in [0, 0.1) is 0 Å². The highest BCUT2D eigenvalue weighted by atomic mass is 16.1. The van der Waals surface area contributed by atoms with E-state index < -0.39 is 11.9 Å². The first-order valence-electron chi connectivity index (χ1n) is 7.98. The summed E-state index contributed by atoms with van der Waals surface area (Å²) in [4.78, 5) is 20.8. The van der Waals surface area contributed by atoms with Crippen molar-refractivity contribution in [2.45, 2.75) is 26.3 Å². The minimum atomic E-state index is -0.502. The molecule has 0 saturated heterocycles. The second-order valence-corrected chi connectivity index (χ2v) is 5.70. The van der Waals surface area contributed by atoms with Crippen molar-refractivity contribution in [3.8, 4) is 22.6 Å². The van der Waals surface area contributed by atoms with Gasteiger partial charge in [-0.2, -0.15) is 0 Å². The quantitative estimate of drug-likeness (QED) is 0.784. The van der Waals surface area contributed by atoms with Crippen molar-refractivity contribution in [1.29, 1.82) is 0 Å². The van der Waals surface area contributed by atoms with Crippen LogP contribution >= 0.6 is 0 Å². The van der Waals surface area contributed by atoms with Gasteiger partial charge in [0.2, 0.25) is 5.91 Å². The third-order valence-electron chi connectivity index (χ3n) is 4.15. The lowest BCUT2D eigenvalue weighted by molar-refractivity contribution is -0.120. The molecule has 24 heavy (non-hydrogen) atoms. The molecule has 0 unspecified atom stereocenters. The predicted octanol–water partition coefficient (Wildman–Crippen LogP) is 3.22. The Morgan fingerprint density at radius 3 is 2.50 bits per heavy atom. The zero-order chi connectivity index (χ0) is 17.1. The second-order valence-electron chi connectivity index (χ2n) is 5.70. The van der Waals surface area contributed by atoms with Crippen LogP contribution in [0.5, 0.6) is 0 Å². The maximum atomic E-state index is 11.7. The smallest absolute Gasteiger partial charge is 0.240 e. The van der Waals surface area contributed by atoms with E-state index in [9.17, 15) is 4.79 Å². The third-order valence-corrected chi connectivity index (χ3v) is 4.15. The second kappa shape index (κ2) is 6.66. The molecule has 0 spiro atoms. The lowest BCUT2D eigenvalue weighted by Crippen LogP contribution is -2.24. The van der Waals surface area contributed by atoms with Crippen molar-refractivity contribution < 1.29 is 4.79 Å². The average Bonchev–Trinajstić information content (AvgIpc) is 3.06. The van der Waals surface area contributed by atoms with Crippen LogP contribution in [-0.4, -0.2) is 20.4 Å². The Balaban J connectivity index is 2.19. The highest BCUT2D eigenvalue weighted by Gasteiger charge is 2.21. The normalized spacial score (nSPS) is 12.1. The van der Waals surface area contributed by atoms with Gasteiger partial charge in [-0.3, -0.25) is 9.78 Å². The van der Waals surface area contributed by atoms with E-state index in [-0.39, 0.29) is 0 Å². The summed E-state index contributed by atoms with van der Waals surface area (Å²) in [5, 5.41) is 0. The number of hydrogen-bond donors (Lipinski definition) is 1. The molecule has 2 heterocycles. The van der Waals surface area contributed by atoms with Gasteiger partial charge >= 0.3 is 0 Å². The van der Waals surface area contributed by atoms with Crippen LogP contribution in [0.1, 0.15) is 25.5 Å². The van der Waals surface area contributed by atoms with E-state index in [0.29, 0.717) is 0 Å². The Morgan fingerprint density at radius 2 is 1.92 bits per heavy atom. The SMILES string of the molecule is CCc1ccc(-c2c(-c3ccccc3)ncn2[C@@H](C)C(N)=O)nc1. The molecule has 0 fully saturated rings. The maximum Gasteiger partial charge on any atom is 0.240 e. The lowest BCUT2D eigenvalue weighted by Gasteiger charge is -2.14. The number of imidazole rings is 1. The molecule has 0 aliphatic heterocycles. The van der Waals surface area contributed by atoms with E-state index in [2.05, 4.69) is 16.9 Å². The van der Waals surface area contributed by atoms with Crippen molar-refractivity contribution in [3.63, 3.8) is 0 Å². The van der Waals surface area contributed by atoms with Gasteiger partial charge in [0.25, 0.3) is 0 Å². The number of carbonyl (C=O) groups is 1. The topological polar surface area (TPSA) is 73.8 Å². The molecule has 5 heteroatoms. The summed E-state index contributed by atoms with van der Waals surface area (Å²) in [5.74, 6) is -0.404. The van der Waals surface area contributed by atoms with Crippen molar-refractivity contribution in [1.82, 2.24) is 14.5 Å². The Morgan fingerprint density at radius 1 is 1.17 bits per heavy atom. The minimum absolute atomic E-state index is 0.404. The van der Waals surface area contributed by atoms with E-state index in [0.717, 1.165) is 34.6 Å². The molecular weight excluding hydrogens is 300 g/mol. The number of nitrogens with two attached hydrogens (primary N) is 1. The fourth-order valence-electron chi connectivity index (χ4n) is 2.63. The van der Waals surface area contributed by atoms with Crippen LogP contribution in [0.2, 0.25) is 0 Å². The molecular formula is C19H20N4O. The molecule has 2 N–H and O–H groups in total. The highest BCUT2D eigenvalue weighted by Crippen LogP contribution is 2.32. The number of nitrogens with zero attached hydrogens (tertiary/aromatic N) is 3. The number of aromatic nitrogens is 3. The molecule has 1 atom stereocenters. The summed E-state index contributed by atoms with van der Waals surface area (Å²) >= 11 is 0. The van der Waals surface area contributed by atoms with Crippen molar-refractivity contribution in [2.75, 3.05) is 0 Å². The van der Waals surface area contributed by atoms with Gasteiger partial charge in [0.1, 0.15) is 6.04 Å². The Kier molecular flexibility index (Phi) is 4.42. The Hall–Kier alpha value is -2.95. The van der Waals surface area contributed by atoms with E-state index in [1.165, 1.54) is 0 Å². The standard InChI is InChI=1S/C19H20N4O/c1-3-14-9-10-16(21-11-14)18-17(15-7-5-4-6-8-15)22-12-23(18)13(2)19(20)24/h4-13H,3H2,1-2H3,(H2,20,24)/t13-/m0/s1. The maximum absolute atomic E-state index is 11.7. The molecule has 0 radical (unpaired) electrons. The van der Waals surface area contributed by atoms with Crippen LogP contribution in [0.15, 0.2) is 55.0 Å². The van der Waals surface area contributed by atoms with Crippen LogP contribution in [0.4, 0.5) is 0 Å². The Bertz CT molecular complexity index is 838. The zero-order valence-electron chi connectivity index (χ0n) is 13.8. The van der Waals surface area contributed by atoms with Gasteiger partial charge in [0.15, 0.2) is 0 Å². The Labute approximate surface area is 141 Å². The molecule has 3 rings (SSSR count). The molecule has 0 aliphatic carbocycles. The first-order valence-corrected chi connectivity index (χ1v) is 7.98. The summed E-state index contributed by atoms with van der Waals surface area (Å²) in [5.41, 5.74) is 10.0. The fraction of sp³-hybridized carbons (Fsp3) is 0.211. The molecule has 122 valence electrons. The van der Waals surface area contributed by atoms with Crippen molar-refractivity contribution in [3.05, 3.63) is 60.6 Å². The summed E-state index contributed by atoms with van der Waals surface area (Å²) in [6.45, 7) is 3.86.